The van der Waals surface area contributed by atoms with Crippen LogP contribution in [-0.2, 0) is 11.3 Å². The van der Waals surface area contributed by atoms with E-state index in [0.29, 0.717) is 17.7 Å². The van der Waals surface area contributed by atoms with Gasteiger partial charge in [-0.25, -0.2) is 4.98 Å². The fraction of sp³-hybridized carbons (Fsp3) is 0.750. The lowest BCUT2D eigenvalue weighted by Crippen LogP contribution is -2.44. The molecule has 0 atom stereocenters. The predicted molar refractivity (Wildman–Crippen MR) is 78.3 cm³/mol. The van der Waals surface area contributed by atoms with Crippen molar-refractivity contribution in [3.63, 3.8) is 0 Å². The SMILES string of the molecule is Cc1cnc(C)n1CC1CCN(C(=O)C2CCC2)CC1. The number of nitrogens with zero attached hydrogens (tertiary/aromatic N) is 3. The van der Waals surface area contributed by atoms with E-state index in [1.165, 1.54) is 12.1 Å². The second-order valence-corrected chi connectivity index (χ2v) is 6.45. The average molecular weight is 275 g/mol. The average Bonchev–Trinajstić information content (AvgIpc) is 2.69. The largest absolute Gasteiger partial charge is 0.342 e. The van der Waals surface area contributed by atoms with Crippen molar-refractivity contribution < 1.29 is 4.79 Å². The van der Waals surface area contributed by atoms with Gasteiger partial charge < -0.3 is 9.47 Å². The first-order valence-electron chi connectivity index (χ1n) is 7.92. The van der Waals surface area contributed by atoms with Crippen molar-refractivity contribution in [3.05, 3.63) is 17.7 Å². The summed E-state index contributed by atoms with van der Waals surface area (Å²) in [4.78, 5) is 18.7. The third-order valence-electron chi connectivity index (χ3n) is 5.08. The van der Waals surface area contributed by atoms with Crippen LogP contribution in [0.15, 0.2) is 6.20 Å². The molecule has 1 saturated heterocycles. The Morgan fingerprint density at radius 2 is 1.95 bits per heavy atom. The Morgan fingerprint density at radius 3 is 2.45 bits per heavy atom. The number of hydrogen-bond acceptors (Lipinski definition) is 2. The van der Waals surface area contributed by atoms with E-state index in [0.717, 1.165) is 51.1 Å². The molecule has 0 unspecified atom stereocenters. The van der Waals surface area contributed by atoms with Gasteiger partial charge in [0.1, 0.15) is 5.82 Å². The molecule has 2 fully saturated rings. The van der Waals surface area contributed by atoms with Gasteiger partial charge in [-0.2, -0.15) is 0 Å². The van der Waals surface area contributed by atoms with Crippen LogP contribution >= 0.6 is 0 Å². The van der Waals surface area contributed by atoms with Crippen LogP contribution in [0, 0.1) is 25.7 Å². The lowest BCUT2D eigenvalue weighted by Gasteiger charge is -2.36. The van der Waals surface area contributed by atoms with Gasteiger partial charge >= 0.3 is 0 Å². The number of aromatic nitrogens is 2. The lowest BCUT2D eigenvalue weighted by atomic mass is 9.83. The highest BCUT2D eigenvalue weighted by Gasteiger charge is 2.31. The Bertz CT molecular complexity index is 462. The maximum Gasteiger partial charge on any atom is 0.225 e. The molecule has 1 aromatic heterocycles. The summed E-state index contributed by atoms with van der Waals surface area (Å²) in [5, 5.41) is 0. The molecule has 4 nitrogen and oxygen atoms in total. The smallest absolute Gasteiger partial charge is 0.225 e. The third kappa shape index (κ3) is 2.60. The van der Waals surface area contributed by atoms with E-state index in [2.05, 4.69) is 28.3 Å². The molecule has 1 amide bonds. The summed E-state index contributed by atoms with van der Waals surface area (Å²) in [6.45, 7) is 7.15. The predicted octanol–water partition coefficient (Wildman–Crippen LogP) is 2.54. The van der Waals surface area contributed by atoms with E-state index < -0.39 is 0 Å². The highest BCUT2D eigenvalue weighted by Crippen LogP contribution is 2.30. The van der Waals surface area contributed by atoms with Crippen molar-refractivity contribution in [3.8, 4) is 0 Å². The van der Waals surface area contributed by atoms with Crippen molar-refractivity contribution in [2.75, 3.05) is 13.1 Å². The third-order valence-corrected chi connectivity index (χ3v) is 5.08. The van der Waals surface area contributed by atoms with Crippen molar-refractivity contribution in [1.82, 2.24) is 14.5 Å². The molecule has 0 spiro atoms. The zero-order chi connectivity index (χ0) is 14.1. The summed E-state index contributed by atoms with van der Waals surface area (Å²) in [6, 6.07) is 0. The molecule has 1 saturated carbocycles. The molecule has 4 heteroatoms. The van der Waals surface area contributed by atoms with Crippen LogP contribution < -0.4 is 0 Å². The van der Waals surface area contributed by atoms with Crippen LogP contribution in [0.3, 0.4) is 0 Å². The minimum Gasteiger partial charge on any atom is -0.342 e. The maximum absolute atomic E-state index is 12.2. The minimum atomic E-state index is 0.352. The fourth-order valence-electron chi connectivity index (χ4n) is 3.37. The molecule has 0 aromatic carbocycles. The normalized spacial score (nSPS) is 21.0. The van der Waals surface area contributed by atoms with Gasteiger partial charge in [0.15, 0.2) is 0 Å². The molecule has 0 bridgehead atoms. The second kappa shape index (κ2) is 5.58. The zero-order valence-electron chi connectivity index (χ0n) is 12.6. The molecule has 2 heterocycles. The molecule has 2 aliphatic rings. The maximum atomic E-state index is 12.2. The van der Waals surface area contributed by atoms with Crippen LogP contribution in [0.1, 0.15) is 43.6 Å². The molecule has 110 valence electrons. The van der Waals surface area contributed by atoms with Crippen LogP contribution in [0.2, 0.25) is 0 Å². The number of amides is 1. The lowest BCUT2D eigenvalue weighted by molar-refractivity contribution is -0.139. The number of rotatable bonds is 3. The Hall–Kier alpha value is -1.32. The molecule has 1 aliphatic carbocycles. The number of likely N-dealkylation sites (tertiary alicyclic amines) is 1. The Labute approximate surface area is 121 Å². The van der Waals surface area contributed by atoms with Gasteiger partial charge in [-0.1, -0.05) is 6.42 Å². The van der Waals surface area contributed by atoms with Crippen LogP contribution in [0.4, 0.5) is 0 Å². The van der Waals surface area contributed by atoms with Crippen LogP contribution in [0.25, 0.3) is 0 Å². The molecule has 0 radical (unpaired) electrons. The van der Waals surface area contributed by atoms with E-state index in [-0.39, 0.29) is 0 Å². The molecule has 1 aromatic rings. The fourth-order valence-corrected chi connectivity index (χ4v) is 3.37. The monoisotopic (exact) mass is 275 g/mol. The quantitative estimate of drug-likeness (QED) is 0.850. The van der Waals surface area contributed by atoms with Gasteiger partial charge in [-0.15, -0.1) is 0 Å². The van der Waals surface area contributed by atoms with Crippen molar-refractivity contribution in [2.24, 2.45) is 11.8 Å². The summed E-state index contributed by atoms with van der Waals surface area (Å²) >= 11 is 0. The van der Waals surface area contributed by atoms with Gasteiger partial charge in [0.05, 0.1) is 0 Å². The number of aryl methyl sites for hydroxylation is 2. The number of carbonyl (C=O) groups excluding carboxylic acids is 1. The van der Waals surface area contributed by atoms with E-state index in [9.17, 15) is 4.79 Å². The Kier molecular flexibility index (Phi) is 3.81. The summed E-state index contributed by atoms with van der Waals surface area (Å²) in [5.74, 6) is 2.57. The summed E-state index contributed by atoms with van der Waals surface area (Å²) in [5.41, 5.74) is 1.25. The highest BCUT2D eigenvalue weighted by molar-refractivity contribution is 5.79. The molecule has 20 heavy (non-hydrogen) atoms. The molecular formula is C16H25N3O. The number of piperidine rings is 1. The van der Waals surface area contributed by atoms with E-state index in [1.54, 1.807) is 0 Å². The van der Waals surface area contributed by atoms with Gasteiger partial charge in [-0.3, -0.25) is 4.79 Å². The molecule has 3 rings (SSSR count). The highest BCUT2D eigenvalue weighted by atomic mass is 16.2. The van der Waals surface area contributed by atoms with E-state index in [4.69, 9.17) is 0 Å². The Balaban J connectivity index is 1.52. The number of carbonyl (C=O) groups is 1. The van der Waals surface area contributed by atoms with Crippen molar-refractivity contribution >= 4 is 5.91 Å². The molecule has 0 N–H and O–H groups in total. The van der Waals surface area contributed by atoms with Crippen LogP contribution in [-0.4, -0.2) is 33.4 Å². The number of hydrogen-bond donors (Lipinski definition) is 0. The van der Waals surface area contributed by atoms with Gasteiger partial charge in [-0.05, 0) is 45.4 Å². The van der Waals surface area contributed by atoms with E-state index >= 15 is 0 Å². The summed E-state index contributed by atoms with van der Waals surface area (Å²) in [6.07, 6.45) is 7.69. The van der Waals surface area contributed by atoms with Gasteiger partial charge in [0, 0.05) is 37.4 Å². The van der Waals surface area contributed by atoms with Crippen molar-refractivity contribution in [1.29, 1.82) is 0 Å². The first kappa shape index (κ1) is 13.7. The number of imidazole rings is 1. The standard InChI is InChI=1S/C16H25N3O/c1-12-10-17-13(2)19(12)11-14-6-8-18(9-7-14)16(20)15-4-3-5-15/h10,14-15H,3-9,11H2,1-2H3. The zero-order valence-corrected chi connectivity index (χ0v) is 12.6. The first-order chi connectivity index (χ1) is 9.65. The van der Waals surface area contributed by atoms with Gasteiger partial charge in [0.25, 0.3) is 0 Å². The molecular weight excluding hydrogens is 250 g/mol. The molecule has 1 aliphatic heterocycles. The van der Waals surface area contributed by atoms with Crippen molar-refractivity contribution in [2.45, 2.75) is 52.5 Å². The minimum absolute atomic E-state index is 0.352. The van der Waals surface area contributed by atoms with Crippen LogP contribution in [0.5, 0.6) is 0 Å². The first-order valence-corrected chi connectivity index (χ1v) is 7.92. The topological polar surface area (TPSA) is 38.1 Å². The summed E-state index contributed by atoms with van der Waals surface area (Å²) in [7, 11) is 0. The van der Waals surface area contributed by atoms with Gasteiger partial charge in [0.2, 0.25) is 5.91 Å². The second-order valence-electron chi connectivity index (χ2n) is 6.45. The van der Waals surface area contributed by atoms with E-state index in [1.807, 2.05) is 6.20 Å². The summed E-state index contributed by atoms with van der Waals surface area (Å²) < 4.78 is 2.31. The Morgan fingerprint density at radius 1 is 1.25 bits per heavy atom.